The van der Waals surface area contributed by atoms with Crippen molar-refractivity contribution in [3.05, 3.63) is 64.2 Å². The van der Waals surface area contributed by atoms with Crippen molar-refractivity contribution in [1.82, 2.24) is 0 Å². The Bertz CT molecular complexity index is 889. The topological polar surface area (TPSA) is 109 Å². The molecule has 0 bridgehead atoms. The van der Waals surface area contributed by atoms with Gasteiger partial charge in [-0.1, -0.05) is 35.9 Å². The number of benzene rings is 2. The highest BCUT2D eigenvalue weighted by Crippen LogP contribution is 2.34. The van der Waals surface area contributed by atoms with E-state index in [2.05, 4.69) is 6.92 Å². The van der Waals surface area contributed by atoms with Crippen molar-refractivity contribution in [3.8, 4) is 5.75 Å². The number of aliphatic hydroxyl groups excluding tert-OH is 4. The molecule has 4 N–H and O–H groups in total. The third-order valence-corrected chi connectivity index (χ3v) is 6.65. The van der Waals surface area contributed by atoms with Crippen LogP contribution in [-0.2, 0) is 15.9 Å². The molecule has 0 saturated carbocycles. The number of hydrogen-bond donors (Lipinski definition) is 4. The van der Waals surface area contributed by atoms with Crippen LogP contribution in [0.1, 0.15) is 49.0 Å². The average molecular weight is 495 g/mol. The quantitative estimate of drug-likeness (QED) is 0.355. The molecule has 1 fully saturated rings. The van der Waals surface area contributed by atoms with Gasteiger partial charge in [-0.3, -0.25) is 0 Å². The van der Waals surface area contributed by atoms with E-state index < -0.39 is 37.1 Å². The van der Waals surface area contributed by atoms with Gasteiger partial charge in [0, 0.05) is 12.1 Å². The maximum absolute atomic E-state index is 10.4. The zero-order chi connectivity index (χ0) is 24.7. The van der Waals surface area contributed by atoms with E-state index in [1.54, 1.807) is 19.2 Å². The van der Waals surface area contributed by atoms with Crippen LogP contribution in [0.2, 0.25) is 5.02 Å². The molecule has 0 spiro atoms. The lowest BCUT2D eigenvalue weighted by atomic mass is 9.90. The van der Waals surface area contributed by atoms with E-state index in [1.807, 2.05) is 30.3 Å². The number of hydrogen-bond acceptors (Lipinski definition) is 7. The third kappa shape index (κ3) is 6.92. The summed E-state index contributed by atoms with van der Waals surface area (Å²) in [5.41, 5.74) is 2.48. The molecule has 188 valence electrons. The molecule has 0 amide bonds. The van der Waals surface area contributed by atoms with Gasteiger partial charge in [-0.2, -0.15) is 0 Å². The summed E-state index contributed by atoms with van der Waals surface area (Å²) >= 11 is 6.43. The van der Waals surface area contributed by atoms with E-state index >= 15 is 0 Å². The number of methoxy groups -OCH3 is 1. The number of unbranched alkanes of at least 4 members (excludes halogenated alkanes) is 1. The fraction of sp³-hybridized carbons (Fsp3) is 0.538. The highest BCUT2D eigenvalue weighted by molar-refractivity contribution is 6.31. The van der Waals surface area contributed by atoms with Crippen LogP contribution >= 0.6 is 11.6 Å². The first kappa shape index (κ1) is 26.9. The van der Waals surface area contributed by atoms with Crippen LogP contribution in [-0.4, -0.2) is 71.3 Å². The molecule has 0 radical (unpaired) electrons. The average Bonchev–Trinajstić information content (AvgIpc) is 2.85. The van der Waals surface area contributed by atoms with Crippen LogP contribution in [0.15, 0.2) is 42.5 Å². The van der Waals surface area contributed by atoms with Crippen LogP contribution in [0.4, 0.5) is 0 Å². The predicted molar refractivity (Wildman–Crippen MR) is 129 cm³/mol. The molecule has 1 aliphatic heterocycles. The second-order valence-electron chi connectivity index (χ2n) is 8.81. The van der Waals surface area contributed by atoms with Crippen LogP contribution < -0.4 is 4.74 Å². The monoisotopic (exact) mass is 494 g/mol. The minimum Gasteiger partial charge on any atom is -0.494 e. The van der Waals surface area contributed by atoms with Crippen molar-refractivity contribution < 1.29 is 34.6 Å². The van der Waals surface area contributed by atoms with Gasteiger partial charge in [0.1, 0.15) is 36.3 Å². The summed E-state index contributed by atoms with van der Waals surface area (Å²) in [6.45, 7) is 2.25. The molecule has 1 aliphatic rings. The molecule has 3 rings (SSSR count). The van der Waals surface area contributed by atoms with Gasteiger partial charge in [0.25, 0.3) is 0 Å². The Morgan fingerprint density at radius 1 is 1.00 bits per heavy atom. The molecule has 6 atom stereocenters. The fourth-order valence-corrected chi connectivity index (χ4v) is 4.23. The van der Waals surface area contributed by atoms with E-state index in [4.69, 9.17) is 25.8 Å². The number of aliphatic hydroxyl groups is 4. The molecule has 1 heterocycles. The molecule has 2 aromatic rings. The highest BCUT2D eigenvalue weighted by Gasteiger charge is 2.44. The first-order valence-corrected chi connectivity index (χ1v) is 12.0. The summed E-state index contributed by atoms with van der Waals surface area (Å²) in [6, 6.07) is 13.1. The lowest BCUT2D eigenvalue weighted by molar-refractivity contribution is -0.231. The van der Waals surface area contributed by atoms with Gasteiger partial charge >= 0.3 is 0 Å². The van der Waals surface area contributed by atoms with E-state index in [9.17, 15) is 20.4 Å². The first-order chi connectivity index (χ1) is 16.3. The Hall–Kier alpha value is -1.71. The van der Waals surface area contributed by atoms with Crippen molar-refractivity contribution in [2.45, 2.75) is 69.2 Å². The van der Waals surface area contributed by atoms with Crippen molar-refractivity contribution in [1.29, 1.82) is 0 Å². The SMILES string of the molecule is CO[C@@H](C)CCCCOc1ccc(Cc2cc([C@@H]3O[C@H](CO)[C@@H](O)[C@H](O)[C@H]3O)ccc2Cl)cc1. The maximum Gasteiger partial charge on any atom is 0.119 e. The van der Waals surface area contributed by atoms with Crippen LogP contribution in [0.3, 0.4) is 0 Å². The summed E-state index contributed by atoms with van der Waals surface area (Å²) in [7, 11) is 1.72. The van der Waals surface area contributed by atoms with Gasteiger partial charge in [0.05, 0.1) is 19.3 Å². The lowest BCUT2D eigenvalue weighted by Crippen LogP contribution is -2.55. The zero-order valence-corrected chi connectivity index (χ0v) is 20.4. The van der Waals surface area contributed by atoms with Crippen molar-refractivity contribution in [2.24, 2.45) is 0 Å². The van der Waals surface area contributed by atoms with Gasteiger partial charge in [0.15, 0.2) is 0 Å². The van der Waals surface area contributed by atoms with Gasteiger partial charge in [0.2, 0.25) is 0 Å². The summed E-state index contributed by atoms with van der Waals surface area (Å²) in [5, 5.41) is 40.6. The summed E-state index contributed by atoms with van der Waals surface area (Å²) < 4.78 is 16.7. The van der Waals surface area contributed by atoms with Crippen LogP contribution in [0.5, 0.6) is 5.75 Å². The Kier molecular flexibility index (Phi) is 10.2. The second-order valence-corrected chi connectivity index (χ2v) is 9.22. The van der Waals surface area contributed by atoms with Gasteiger partial charge in [-0.05, 0) is 67.5 Å². The molecule has 1 saturated heterocycles. The van der Waals surface area contributed by atoms with E-state index in [0.29, 0.717) is 23.6 Å². The Morgan fingerprint density at radius 3 is 2.41 bits per heavy atom. The van der Waals surface area contributed by atoms with Gasteiger partial charge in [-0.15, -0.1) is 0 Å². The smallest absolute Gasteiger partial charge is 0.119 e. The van der Waals surface area contributed by atoms with Crippen LogP contribution in [0.25, 0.3) is 0 Å². The zero-order valence-electron chi connectivity index (χ0n) is 19.6. The van der Waals surface area contributed by atoms with Gasteiger partial charge in [-0.25, -0.2) is 0 Å². The molecular formula is C26H35ClO7. The molecule has 0 aromatic heterocycles. The first-order valence-electron chi connectivity index (χ1n) is 11.7. The Labute approximate surface area is 205 Å². The summed E-state index contributed by atoms with van der Waals surface area (Å²) in [6.07, 6.45) is -2.14. The molecule has 7 nitrogen and oxygen atoms in total. The van der Waals surface area contributed by atoms with E-state index in [1.165, 1.54) is 0 Å². The molecule has 0 aliphatic carbocycles. The molecular weight excluding hydrogens is 460 g/mol. The van der Waals surface area contributed by atoms with Crippen molar-refractivity contribution in [2.75, 3.05) is 20.3 Å². The number of rotatable bonds is 11. The standard InChI is InChI=1S/C26H35ClO7/c1-16(32-2)5-3-4-12-33-20-9-6-17(7-10-20)13-19-14-18(8-11-21(19)27)26-25(31)24(30)23(29)22(15-28)34-26/h6-11,14,16,22-26,28-31H,3-5,12-13,15H2,1-2H3/t16-,22+,23+,24-,25+,26-/m0/s1. The summed E-state index contributed by atoms with van der Waals surface area (Å²) in [4.78, 5) is 0. The summed E-state index contributed by atoms with van der Waals surface area (Å²) in [5.74, 6) is 0.810. The van der Waals surface area contributed by atoms with Crippen LogP contribution in [0, 0.1) is 0 Å². The van der Waals surface area contributed by atoms with Crippen molar-refractivity contribution >= 4 is 11.6 Å². The third-order valence-electron chi connectivity index (χ3n) is 6.28. The van der Waals surface area contributed by atoms with Crippen molar-refractivity contribution in [3.63, 3.8) is 0 Å². The predicted octanol–water partition coefficient (Wildman–Crippen LogP) is 3.03. The fourth-order valence-electron chi connectivity index (χ4n) is 4.05. The number of halogens is 1. The number of ether oxygens (including phenoxy) is 3. The minimum atomic E-state index is -1.43. The molecule has 2 aromatic carbocycles. The molecule has 0 unspecified atom stereocenters. The molecule has 34 heavy (non-hydrogen) atoms. The largest absolute Gasteiger partial charge is 0.494 e. The second kappa shape index (κ2) is 12.8. The molecule has 8 heteroatoms. The maximum atomic E-state index is 10.4. The highest BCUT2D eigenvalue weighted by atomic mass is 35.5. The lowest BCUT2D eigenvalue weighted by Gasteiger charge is -2.40. The van der Waals surface area contributed by atoms with Gasteiger partial charge < -0.3 is 34.6 Å². The minimum absolute atomic E-state index is 0.269. The Balaban J connectivity index is 1.61. The normalized spacial score (nSPS) is 25.8. The Morgan fingerprint density at radius 2 is 1.74 bits per heavy atom. The van der Waals surface area contributed by atoms with E-state index in [-0.39, 0.29) is 6.10 Å². The van der Waals surface area contributed by atoms with E-state index in [0.717, 1.165) is 36.1 Å².